The minimum Gasteiger partial charge on any atom is -0.337 e. The SMILES string of the molecule is CCn1c(CN(C)C(=O)CN(C)C(=O)c2ccc(Br)s2)nc2ccccc21. The number of likely N-dealkylation sites (N-methyl/N-ethyl adjacent to an activating group) is 2. The van der Waals surface area contributed by atoms with Crippen LogP contribution in [0.4, 0.5) is 0 Å². The lowest BCUT2D eigenvalue weighted by Crippen LogP contribution is -2.39. The number of para-hydroxylation sites is 2. The lowest BCUT2D eigenvalue weighted by Gasteiger charge is -2.22. The summed E-state index contributed by atoms with van der Waals surface area (Å²) in [5.41, 5.74) is 1.98. The van der Waals surface area contributed by atoms with Gasteiger partial charge in [-0.2, -0.15) is 0 Å². The molecule has 0 fully saturated rings. The molecule has 2 heterocycles. The molecule has 0 atom stereocenters. The predicted octanol–water partition coefficient (Wildman–Crippen LogP) is 3.61. The van der Waals surface area contributed by atoms with Gasteiger partial charge in [0, 0.05) is 20.6 Å². The Bertz CT molecular complexity index is 981. The first-order valence-electron chi connectivity index (χ1n) is 8.59. The Hall–Kier alpha value is -2.19. The molecule has 2 amide bonds. The van der Waals surface area contributed by atoms with E-state index in [2.05, 4.69) is 32.4 Å². The van der Waals surface area contributed by atoms with Crippen molar-refractivity contribution >= 4 is 50.1 Å². The Morgan fingerprint density at radius 3 is 2.56 bits per heavy atom. The highest BCUT2D eigenvalue weighted by molar-refractivity contribution is 9.11. The molecule has 2 aromatic heterocycles. The number of fused-ring (bicyclic) bond motifs is 1. The molecule has 1 aromatic carbocycles. The fraction of sp³-hybridized carbons (Fsp3) is 0.316. The van der Waals surface area contributed by atoms with Crippen molar-refractivity contribution in [2.75, 3.05) is 20.6 Å². The molecule has 0 aliphatic heterocycles. The van der Waals surface area contributed by atoms with Crippen LogP contribution >= 0.6 is 27.3 Å². The van der Waals surface area contributed by atoms with E-state index in [0.717, 1.165) is 27.2 Å². The zero-order valence-corrected chi connectivity index (χ0v) is 17.9. The van der Waals surface area contributed by atoms with E-state index in [-0.39, 0.29) is 18.4 Å². The van der Waals surface area contributed by atoms with Crippen molar-refractivity contribution in [3.8, 4) is 0 Å². The van der Waals surface area contributed by atoms with Gasteiger partial charge in [-0.3, -0.25) is 9.59 Å². The molecular formula is C19H21BrN4O2S. The zero-order valence-electron chi connectivity index (χ0n) is 15.5. The number of carbonyl (C=O) groups is 2. The smallest absolute Gasteiger partial charge is 0.264 e. The maximum Gasteiger partial charge on any atom is 0.264 e. The van der Waals surface area contributed by atoms with E-state index in [1.807, 2.05) is 30.3 Å². The number of carbonyl (C=O) groups excluding carboxylic acids is 2. The third-order valence-electron chi connectivity index (χ3n) is 4.36. The van der Waals surface area contributed by atoms with Crippen molar-refractivity contribution in [1.82, 2.24) is 19.4 Å². The van der Waals surface area contributed by atoms with Crippen LogP contribution in [0.5, 0.6) is 0 Å². The summed E-state index contributed by atoms with van der Waals surface area (Å²) >= 11 is 4.71. The molecule has 0 aliphatic carbocycles. The van der Waals surface area contributed by atoms with Gasteiger partial charge in [0.15, 0.2) is 0 Å². The van der Waals surface area contributed by atoms with Gasteiger partial charge in [0.2, 0.25) is 5.91 Å². The number of hydrogen-bond donors (Lipinski definition) is 0. The number of aryl methyl sites for hydroxylation is 1. The van der Waals surface area contributed by atoms with Gasteiger partial charge in [0.05, 0.1) is 32.8 Å². The Kier molecular flexibility index (Phi) is 5.96. The fourth-order valence-corrected chi connectivity index (χ4v) is 4.29. The first-order chi connectivity index (χ1) is 12.9. The van der Waals surface area contributed by atoms with Gasteiger partial charge in [-0.05, 0) is 47.1 Å². The second-order valence-electron chi connectivity index (χ2n) is 6.28. The summed E-state index contributed by atoms with van der Waals surface area (Å²) in [6.45, 7) is 3.26. The van der Waals surface area contributed by atoms with E-state index < -0.39 is 0 Å². The number of imidazole rings is 1. The number of hydrogen-bond acceptors (Lipinski definition) is 4. The van der Waals surface area contributed by atoms with Gasteiger partial charge in [-0.25, -0.2) is 4.98 Å². The van der Waals surface area contributed by atoms with Crippen LogP contribution in [0.25, 0.3) is 11.0 Å². The van der Waals surface area contributed by atoms with Gasteiger partial charge < -0.3 is 14.4 Å². The first-order valence-corrected chi connectivity index (χ1v) is 10.2. The van der Waals surface area contributed by atoms with E-state index in [4.69, 9.17) is 0 Å². The molecule has 0 aliphatic rings. The fourth-order valence-electron chi connectivity index (χ4n) is 2.91. The lowest BCUT2D eigenvalue weighted by atomic mass is 10.3. The topological polar surface area (TPSA) is 58.4 Å². The Morgan fingerprint density at radius 2 is 1.89 bits per heavy atom. The maximum absolute atomic E-state index is 12.6. The molecule has 0 saturated carbocycles. The summed E-state index contributed by atoms with van der Waals surface area (Å²) < 4.78 is 3.00. The standard InChI is InChI=1S/C19H21BrN4O2S/c1-4-24-14-8-6-5-7-13(14)21-17(24)11-22(2)18(25)12-23(3)19(26)15-9-10-16(20)27-15/h5-10H,4,11-12H2,1-3H3. The second-order valence-corrected chi connectivity index (χ2v) is 8.74. The van der Waals surface area contributed by atoms with Crippen LogP contribution < -0.4 is 0 Å². The minimum atomic E-state index is -0.159. The van der Waals surface area contributed by atoms with E-state index in [9.17, 15) is 9.59 Å². The number of thiophene rings is 1. The van der Waals surface area contributed by atoms with Gasteiger partial charge >= 0.3 is 0 Å². The number of amides is 2. The van der Waals surface area contributed by atoms with E-state index in [1.165, 1.54) is 16.2 Å². The monoisotopic (exact) mass is 448 g/mol. The molecule has 6 nitrogen and oxygen atoms in total. The molecule has 27 heavy (non-hydrogen) atoms. The van der Waals surface area contributed by atoms with Crippen molar-refractivity contribution < 1.29 is 9.59 Å². The van der Waals surface area contributed by atoms with Crippen LogP contribution in [-0.4, -0.2) is 51.8 Å². The van der Waals surface area contributed by atoms with Gasteiger partial charge in [0.25, 0.3) is 5.91 Å². The number of aromatic nitrogens is 2. The summed E-state index contributed by atoms with van der Waals surface area (Å²) in [5.74, 6) is 0.551. The quantitative estimate of drug-likeness (QED) is 0.578. The first kappa shape index (κ1) is 19.6. The van der Waals surface area contributed by atoms with Crippen molar-refractivity contribution in [1.29, 1.82) is 0 Å². The molecule has 0 N–H and O–H groups in total. The van der Waals surface area contributed by atoms with Gasteiger partial charge in [-0.15, -0.1) is 11.3 Å². The highest BCUT2D eigenvalue weighted by Crippen LogP contribution is 2.23. The molecule has 8 heteroatoms. The summed E-state index contributed by atoms with van der Waals surface area (Å²) in [7, 11) is 3.38. The number of rotatable bonds is 6. The highest BCUT2D eigenvalue weighted by atomic mass is 79.9. The van der Waals surface area contributed by atoms with Crippen molar-refractivity contribution in [3.63, 3.8) is 0 Å². The molecule has 0 radical (unpaired) electrons. The van der Waals surface area contributed by atoms with Crippen LogP contribution in [0.15, 0.2) is 40.2 Å². The summed E-state index contributed by atoms with van der Waals surface area (Å²) in [6, 6.07) is 11.5. The largest absolute Gasteiger partial charge is 0.337 e. The average molecular weight is 449 g/mol. The summed E-state index contributed by atoms with van der Waals surface area (Å²) in [6.07, 6.45) is 0. The summed E-state index contributed by atoms with van der Waals surface area (Å²) in [5, 5.41) is 0. The Morgan fingerprint density at radius 1 is 1.15 bits per heavy atom. The van der Waals surface area contributed by atoms with Gasteiger partial charge in [0.1, 0.15) is 5.82 Å². The molecule has 142 valence electrons. The van der Waals surface area contributed by atoms with Crippen molar-refractivity contribution in [2.45, 2.75) is 20.0 Å². The van der Waals surface area contributed by atoms with Crippen LogP contribution in [0.1, 0.15) is 22.4 Å². The minimum absolute atomic E-state index is 0.0250. The van der Waals surface area contributed by atoms with E-state index in [0.29, 0.717) is 11.4 Å². The molecule has 0 bridgehead atoms. The van der Waals surface area contributed by atoms with Crippen LogP contribution in [-0.2, 0) is 17.9 Å². The highest BCUT2D eigenvalue weighted by Gasteiger charge is 2.20. The molecule has 3 aromatic rings. The number of nitrogens with zero attached hydrogens (tertiary/aromatic N) is 4. The molecule has 0 unspecified atom stereocenters. The van der Waals surface area contributed by atoms with Crippen LogP contribution in [0, 0.1) is 0 Å². The zero-order chi connectivity index (χ0) is 19.6. The number of benzene rings is 1. The maximum atomic E-state index is 12.6. The Balaban J connectivity index is 1.68. The second kappa shape index (κ2) is 8.22. The number of halogens is 1. The van der Waals surface area contributed by atoms with E-state index in [1.54, 1.807) is 25.1 Å². The third kappa shape index (κ3) is 4.22. The molecule has 0 saturated heterocycles. The molecular weight excluding hydrogens is 428 g/mol. The lowest BCUT2D eigenvalue weighted by molar-refractivity contribution is -0.131. The predicted molar refractivity (Wildman–Crippen MR) is 111 cm³/mol. The van der Waals surface area contributed by atoms with Crippen LogP contribution in [0.3, 0.4) is 0 Å². The van der Waals surface area contributed by atoms with Crippen LogP contribution in [0.2, 0.25) is 0 Å². The van der Waals surface area contributed by atoms with Crippen molar-refractivity contribution in [2.24, 2.45) is 0 Å². The summed E-state index contributed by atoms with van der Waals surface area (Å²) in [4.78, 5) is 33.3. The van der Waals surface area contributed by atoms with Gasteiger partial charge in [-0.1, -0.05) is 12.1 Å². The normalized spacial score (nSPS) is 11.0. The molecule has 0 spiro atoms. The van der Waals surface area contributed by atoms with E-state index >= 15 is 0 Å². The average Bonchev–Trinajstić information content (AvgIpc) is 3.23. The molecule has 3 rings (SSSR count). The van der Waals surface area contributed by atoms with Crippen molar-refractivity contribution in [3.05, 3.63) is 50.9 Å². The Labute approximate surface area is 170 Å². The third-order valence-corrected chi connectivity index (χ3v) is 5.97.